The molecule has 0 aliphatic carbocycles. The molecule has 36 heteroatoms. The summed E-state index contributed by atoms with van der Waals surface area (Å²) in [4.78, 5) is 187. The Morgan fingerprint density at radius 3 is 1.16 bits per heavy atom. The van der Waals surface area contributed by atoms with E-state index in [-0.39, 0.29) is 45.1 Å². The summed E-state index contributed by atoms with van der Waals surface area (Å²) < 4.78 is 4.92. The number of aliphatic carboxylic acids is 5. The van der Waals surface area contributed by atoms with Gasteiger partial charge in [0.25, 0.3) is 0 Å². The third-order valence-corrected chi connectivity index (χ3v) is 15.5. The van der Waals surface area contributed by atoms with Crippen LogP contribution in [0.2, 0.25) is 0 Å². The van der Waals surface area contributed by atoms with Gasteiger partial charge in [-0.1, -0.05) is 84.0 Å². The lowest BCUT2D eigenvalue weighted by molar-refractivity contribution is -0.144. The molecule has 11 unspecified atom stereocenters. The van der Waals surface area contributed by atoms with E-state index in [0.29, 0.717) is 32.2 Å². The number of ether oxygens (including phenoxy) is 1. The molecule has 0 saturated heterocycles. The maximum Gasteiger partial charge on any atom is 0.326 e. The third-order valence-electron chi connectivity index (χ3n) is 15.5. The van der Waals surface area contributed by atoms with E-state index in [1.54, 1.807) is 6.92 Å². The average Bonchev–Trinajstić information content (AvgIpc) is 0.892. The van der Waals surface area contributed by atoms with Crippen LogP contribution in [0.25, 0.3) is 0 Å². The molecule has 36 nitrogen and oxygen atoms in total. The van der Waals surface area contributed by atoms with Crippen LogP contribution >= 0.6 is 0 Å². The number of amides is 10. The van der Waals surface area contributed by atoms with Gasteiger partial charge in [0.05, 0.1) is 31.4 Å². The van der Waals surface area contributed by atoms with Crippen LogP contribution in [0.4, 0.5) is 0 Å². The summed E-state index contributed by atoms with van der Waals surface area (Å²) in [5.41, 5.74) is 5.25. The highest BCUT2D eigenvalue weighted by Gasteiger charge is 2.34. The highest BCUT2D eigenvalue weighted by Crippen LogP contribution is 2.15. The van der Waals surface area contributed by atoms with E-state index in [9.17, 15) is 113 Å². The van der Waals surface area contributed by atoms with Crippen LogP contribution in [0.3, 0.4) is 0 Å². The third kappa shape index (κ3) is 42.5. The van der Waals surface area contributed by atoms with E-state index in [4.69, 9.17) is 15.6 Å². The monoisotopic (exact) mass is 1410 g/mol. The number of carboxylic acids is 5. The predicted octanol–water partition coefficient (Wildman–Crippen LogP) is -2.49. The minimum Gasteiger partial charge on any atom is -0.481 e. The van der Waals surface area contributed by atoms with Crippen molar-refractivity contribution in [1.82, 2.24) is 53.2 Å². The van der Waals surface area contributed by atoms with E-state index in [0.717, 1.165) is 84.2 Å². The summed E-state index contributed by atoms with van der Waals surface area (Å²) in [5, 5.41) is 111. The largest absolute Gasteiger partial charge is 0.481 e. The fraction of sp³-hybridized carbons (Fsp3) is 0.758. The molecule has 10 amide bonds. The lowest BCUT2D eigenvalue weighted by Gasteiger charge is -2.25. The highest BCUT2D eigenvalue weighted by molar-refractivity contribution is 5.96. The lowest BCUT2D eigenvalue weighted by atomic mass is 10.0. The molecule has 0 rings (SSSR count). The first-order valence-electron chi connectivity index (χ1n) is 33.3. The molecule has 0 aromatic heterocycles. The molecule has 11 atom stereocenters. The Kier molecular flexibility index (Phi) is 48.4. The van der Waals surface area contributed by atoms with Crippen LogP contribution in [0.15, 0.2) is 0 Å². The van der Waals surface area contributed by atoms with Gasteiger partial charge < -0.3 is 110 Å². The van der Waals surface area contributed by atoms with E-state index in [1.807, 2.05) is 10.6 Å². The molecule has 560 valence electrons. The number of nitrogens with two attached hydrogens (primary N) is 1. The van der Waals surface area contributed by atoms with Crippen molar-refractivity contribution >= 4 is 88.9 Å². The number of carboxylic acid groups (broad SMARTS) is 5. The standard InChI is InChI=1S/C62H107N11O25/c1-4-64-38(55(87)73-53(37(2)76)54(63)86)21-19-20-34-65-46(77)29-24-40(59(91)92)67-48(79)31-26-42(61(95)96)71-58(90)45(36-75)72-56(88)39(28-33-52(84)85)70-57(89)44(35-74)69-50(81)32-27-43(62(97)98-3)68-49(80)30-25-41(60(93)94)66-47(78)22-17-15-13-11-9-7-5-6-8-10-12-14-16-18-23-51(82)83/h37-45,53,62,64,74-76,97H,4-36H2,1-3H3,(H2,63,86)(H,65,77)(H,66,78)(H,67,79)(H,68,80)(H,69,81)(H,70,89)(H,71,90)(H,72,88)(H,73,87)(H,82,83)(H,84,85)(H,91,92)(H,93,94)(H,95,96). The van der Waals surface area contributed by atoms with Crippen molar-refractivity contribution in [3.63, 3.8) is 0 Å². The normalized spacial score (nSPS) is 14.5. The topological polar surface area (TPSA) is 594 Å². The number of nitrogens with one attached hydrogen (secondary N) is 10. The van der Waals surface area contributed by atoms with Gasteiger partial charge >= 0.3 is 29.8 Å². The number of hydrogen-bond acceptors (Lipinski definition) is 21. The SMILES string of the molecule is CCNC(CCCCNC(=O)CCC(NC(=O)CCC(NC(=O)C(CO)NC(=O)C(CCC(=O)O)NC(=O)C(CO)NC(=O)CCC(NC(=O)CCC(NC(=O)CCCCCCCCCCCCCCCCC(=O)O)C(=O)O)C(O)OC)C(=O)O)C(=O)O)C(=O)NC(C(N)=O)C(C)O. The maximum atomic E-state index is 13.5. The second-order valence-corrected chi connectivity index (χ2v) is 23.7. The summed E-state index contributed by atoms with van der Waals surface area (Å²) in [6.07, 6.45) is 6.64. The zero-order valence-electron chi connectivity index (χ0n) is 56.3. The molecule has 98 heavy (non-hydrogen) atoms. The van der Waals surface area contributed by atoms with Crippen molar-refractivity contribution in [2.45, 2.75) is 267 Å². The minimum atomic E-state index is -1.99. The number of rotatable bonds is 60. The molecule has 0 aromatic carbocycles. The summed E-state index contributed by atoms with van der Waals surface area (Å²) in [5.74, 6) is -16.3. The first-order valence-corrected chi connectivity index (χ1v) is 33.3. The molecule has 0 saturated carbocycles. The van der Waals surface area contributed by atoms with Crippen molar-refractivity contribution in [3.05, 3.63) is 0 Å². The Morgan fingerprint density at radius 2 is 0.735 bits per heavy atom. The van der Waals surface area contributed by atoms with Gasteiger partial charge in [-0.3, -0.25) is 57.5 Å². The smallest absolute Gasteiger partial charge is 0.326 e. The summed E-state index contributed by atoms with van der Waals surface area (Å²) >= 11 is 0. The Morgan fingerprint density at radius 1 is 0.378 bits per heavy atom. The first-order chi connectivity index (χ1) is 46.4. The second kappa shape index (κ2) is 52.9. The van der Waals surface area contributed by atoms with Crippen LogP contribution in [0, 0.1) is 0 Å². The molecule has 0 radical (unpaired) electrons. The van der Waals surface area contributed by atoms with E-state index >= 15 is 0 Å². The first kappa shape index (κ1) is 89.8. The zero-order chi connectivity index (χ0) is 74.1. The summed E-state index contributed by atoms with van der Waals surface area (Å²) in [7, 11) is 1.07. The second-order valence-electron chi connectivity index (χ2n) is 23.7. The molecular weight excluding hydrogens is 1300 g/mol. The number of hydrogen-bond donors (Lipinski definition) is 20. The van der Waals surface area contributed by atoms with Gasteiger partial charge in [0.15, 0.2) is 6.29 Å². The van der Waals surface area contributed by atoms with Crippen LogP contribution in [0.5, 0.6) is 0 Å². The van der Waals surface area contributed by atoms with Crippen molar-refractivity contribution in [2.75, 3.05) is 33.4 Å². The number of aliphatic hydroxyl groups is 4. The Hall–Kier alpha value is -8.19. The quantitative estimate of drug-likeness (QED) is 0.0221. The lowest BCUT2D eigenvalue weighted by Crippen LogP contribution is -2.59. The van der Waals surface area contributed by atoms with Crippen molar-refractivity contribution in [2.24, 2.45) is 5.73 Å². The number of primary amides is 1. The molecule has 0 heterocycles. The predicted molar refractivity (Wildman–Crippen MR) is 346 cm³/mol. The van der Waals surface area contributed by atoms with Crippen LogP contribution in [-0.2, 0) is 76.7 Å². The molecule has 21 N–H and O–H groups in total. The summed E-state index contributed by atoms with van der Waals surface area (Å²) in [6.45, 7) is 1.19. The zero-order valence-corrected chi connectivity index (χ0v) is 56.3. The number of aliphatic hydroxyl groups excluding tert-OH is 4. The number of carbonyl (C=O) groups is 15. The van der Waals surface area contributed by atoms with Crippen molar-refractivity contribution in [1.29, 1.82) is 0 Å². The average molecular weight is 1410 g/mol. The van der Waals surface area contributed by atoms with Gasteiger partial charge in [0.1, 0.15) is 42.3 Å². The molecule has 0 spiro atoms. The Labute approximate surface area is 569 Å². The number of carbonyl (C=O) groups excluding carboxylic acids is 10. The van der Waals surface area contributed by atoms with Gasteiger partial charge in [0.2, 0.25) is 59.1 Å². The minimum absolute atomic E-state index is 0.0707. The molecular formula is C62H107N11O25. The Bertz CT molecular complexity index is 2530. The van der Waals surface area contributed by atoms with Gasteiger partial charge in [0, 0.05) is 58.6 Å². The number of likely N-dealkylation sites (N-methyl/N-ethyl adjacent to an activating group) is 1. The van der Waals surface area contributed by atoms with Gasteiger partial charge in [-0.2, -0.15) is 0 Å². The van der Waals surface area contributed by atoms with Crippen LogP contribution in [0.1, 0.15) is 200 Å². The molecule has 0 aromatic rings. The summed E-state index contributed by atoms with van der Waals surface area (Å²) in [6, 6.07) is -14.1. The fourth-order valence-corrected chi connectivity index (χ4v) is 9.88. The fourth-order valence-electron chi connectivity index (χ4n) is 9.88. The Balaban J connectivity index is 5.32. The van der Waals surface area contributed by atoms with E-state index < -0.39 is 214 Å². The van der Waals surface area contributed by atoms with Crippen molar-refractivity contribution in [3.8, 4) is 0 Å². The number of unbranched alkanes of at least 4 members (excludes halogenated alkanes) is 14. The molecule has 0 aliphatic rings. The highest BCUT2D eigenvalue weighted by atomic mass is 16.6. The van der Waals surface area contributed by atoms with Crippen LogP contribution < -0.4 is 58.9 Å². The number of methoxy groups -OCH3 is 1. The molecule has 0 fully saturated rings. The van der Waals surface area contributed by atoms with Gasteiger partial charge in [-0.15, -0.1) is 0 Å². The van der Waals surface area contributed by atoms with Crippen molar-refractivity contribution < 1.29 is 123 Å². The molecule has 0 bridgehead atoms. The van der Waals surface area contributed by atoms with E-state index in [1.165, 1.54) is 6.92 Å². The maximum absolute atomic E-state index is 13.5. The van der Waals surface area contributed by atoms with E-state index in [2.05, 4.69) is 42.5 Å². The van der Waals surface area contributed by atoms with Crippen LogP contribution in [-0.4, -0.2) is 235 Å². The van der Waals surface area contributed by atoms with Gasteiger partial charge in [-0.05, 0) is 77.7 Å². The molecule has 0 aliphatic heterocycles. The van der Waals surface area contributed by atoms with Gasteiger partial charge in [-0.25, -0.2) is 14.4 Å².